The van der Waals surface area contributed by atoms with Crippen LogP contribution in [0, 0.1) is 0 Å². The highest BCUT2D eigenvalue weighted by Crippen LogP contribution is 2.14. The largest absolute Gasteiger partial charge is 0.350 e. The number of amides is 1. The first kappa shape index (κ1) is 14.2. The van der Waals surface area contributed by atoms with Crippen LogP contribution in [0.1, 0.15) is 30.1 Å². The minimum atomic E-state index is -0.100. The van der Waals surface area contributed by atoms with E-state index in [1.165, 1.54) is 0 Å². The molecule has 1 unspecified atom stereocenters. The van der Waals surface area contributed by atoms with E-state index in [4.69, 9.17) is 5.73 Å². The summed E-state index contributed by atoms with van der Waals surface area (Å²) in [5.41, 5.74) is 7.97. The van der Waals surface area contributed by atoms with Crippen LogP contribution in [-0.4, -0.2) is 10.9 Å². The predicted molar refractivity (Wildman–Crippen MR) is 78.7 cm³/mol. The third kappa shape index (κ3) is 4.48. The second-order valence-corrected chi connectivity index (χ2v) is 4.65. The summed E-state index contributed by atoms with van der Waals surface area (Å²) in [4.78, 5) is 15.9. The van der Waals surface area contributed by atoms with Crippen molar-refractivity contribution in [3.05, 3.63) is 66.0 Å². The van der Waals surface area contributed by atoms with E-state index in [-0.39, 0.29) is 11.9 Å². The fourth-order valence-corrected chi connectivity index (χ4v) is 1.93. The number of aromatic nitrogens is 1. The Balaban J connectivity index is 1.73. The maximum Gasteiger partial charge on any atom is 0.220 e. The van der Waals surface area contributed by atoms with Gasteiger partial charge in [-0.1, -0.05) is 36.4 Å². The number of carbonyl (C=O) groups excluding carboxylic acids is 1. The molecule has 4 heteroatoms. The molecule has 1 aromatic heterocycles. The van der Waals surface area contributed by atoms with Gasteiger partial charge in [0.15, 0.2) is 0 Å². The zero-order valence-corrected chi connectivity index (χ0v) is 11.3. The smallest absolute Gasteiger partial charge is 0.220 e. The highest BCUT2D eigenvalue weighted by atomic mass is 16.1. The number of nitrogens with zero attached hydrogens (tertiary/aromatic N) is 1. The van der Waals surface area contributed by atoms with Gasteiger partial charge in [0.05, 0.1) is 12.2 Å². The molecule has 20 heavy (non-hydrogen) atoms. The third-order valence-electron chi connectivity index (χ3n) is 3.10. The van der Waals surface area contributed by atoms with Crippen LogP contribution >= 0.6 is 0 Å². The Morgan fingerprint density at radius 2 is 1.90 bits per heavy atom. The van der Waals surface area contributed by atoms with Crippen molar-refractivity contribution in [2.75, 3.05) is 0 Å². The molecular formula is C16H19N3O. The van der Waals surface area contributed by atoms with Gasteiger partial charge in [-0.15, -0.1) is 0 Å². The van der Waals surface area contributed by atoms with Gasteiger partial charge in [0.2, 0.25) is 5.91 Å². The first-order valence-corrected chi connectivity index (χ1v) is 6.73. The van der Waals surface area contributed by atoms with Crippen LogP contribution < -0.4 is 11.1 Å². The van der Waals surface area contributed by atoms with Crippen LogP contribution in [-0.2, 0) is 11.3 Å². The van der Waals surface area contributed by atoms with E-state index in [0.29, 0.717) is 19.4 Å². The van der Waals surface area contributed by atoms with Crippen LogP contribution in [0.2, 0.25) is 0 Å². The predicted octanol–water partition coefficient (Wildman–Crippen LogP) is 2.18. The average Bonchev–Trinajstić information content (AvgIpc) is 2.52. The summed E-state index contributed by atoms with van der Waals surface area (Å²) < 4.78 is 0. The molecule has 0 saturated carbocycles. The van der Waals surface area contributed by atoms with E-state index in [2.05, 4.69) is 10.3 Å². The monoisotopic (exact) mass is 269 g/mol. The van der Waals surface area contributed by atoms with E-state index in [1.54, 1.807) is 6.20 Å². The van der Waals surface area contributed by atoms with Gasteiger partial charge in [-0.3, -0.25) is 9.78 Å². The lowest BCUT2D eigenvalue weighted by Gasteiger charge is -2.11. The van der Waals surface area contributed by atoms with E-state index in [0.717, 1.165) is 11.3 Å². The summed E-state index contributed by atoms with van der Waals surface area (Å²) in [5.74, 6) is 0.00188. The number of pyridine rings is 1. The number of benzene rings is 1. The van der Waals surface area contributed by atoms with Gasteiger partial charge in [-0.2, -0.15) is 0 Å². The van der Waals surface area contributed by atoms with Crippen molar-refractivity contribution in [3.63, 3.8) is 0 Å². The molecule has 0 saturated heterocycles. The number of nitrogens with two attached hydrogens (primary N) is 1. The molecule has 1 aromatic carbocycles. The number of nitrogens with one attached hydrogen (secondary N) is 1. The lowest BCUT2D eigenvalue weighted by atomic mass is 10.0. The van der Waals surface area contributed by atoms with Crippen LogP contribution in [0.25, 0.3) is 0 Å². The zero-order chi connectivity index (χ0) is 14.2. The molecule has 0 fully saturated rings. The standard InChI is InChI=1S/C16H19N3O/c17-15(13-6-2-1-3-7-13)9-10-16(20)19-12-14-8-4-5-11-18-14/h1-8,11,15H,9-10,12,17H2,(H,19,20). The first-order valence-electron chi connectivity index (χ1n) is 6.73. The molecule has 2 rings (SSSR count). The number of hydrogen-bond donors (Lipinski definition) is 2. The number of rotatable bonds is 6. The third-order valence-corrected chi connectivity index (χ3v) is 3.10. The minimum Gasteiger partial charge on any atom is -0.350 e. The quantitative estimate of drug-likeness (QED) is 0.844. The van der Waals surface area contributed by atoms with E-state index in [9.17, 15) is 4.79 Å². The normalized spacial score (nSPS) is 11.8. The summed E-state index contributed by atoms with van der Waals surface area (Å²) in [6.45, 7) is 0.459. The van der Waals surface area contributed by atoms with Gasteiger partial charge in [-0.05, 0) is 24.1 Å². The topological polar surface area (TPSA) is 68.0 Å². The van der Waals surface area contributed by atoms with Crippen molar-refractivity contribution in [1.29, 1.82) is 0 Å². The molecule has 0 radical (unpaired) electrons. The molecule has 3 N–H and O–H groups in total. The first-order chi connectivity index (χ1) is 9.75. The maximum absolute atomic E-state index is 11.8. The highest BCUT2D eigenvalue weighted by molar-refractivity contribution is 5.75. The number of carbonyl (C=O) groups is 1. The molecule has 0 aliphatic rings. The molecule has 1 amide bonds. The fourth-order valence-electron chi connectivity index (χ4n) is 1.93. The van der Waals surface area contributed by atoms with Gasteiger partial charge < -0.3 is 11.1 Å². The van der Waals surface area contributed by atoms with Crippen molar-refractivity contribution >= 4 is 5.91 Å². The van der Waals surface area contributed by atoms with Gasteiger partial charge in [0.1, 0.15) is 0 Å². The Morgan fingerprint density at radius 3 is 2.60 bits per heavy atom. The molecular weight excluding hydrogens is 250 g/mol. The van der Waals surface area contributed by atoms with Crippen LogP contribution in [0.5, 0.6) is 0 Å². The van der Waals surface area contributed by atoms with Crippen molar-refractivity contribution in [1.82, 2.24) is 10.3 Å². The average molecular weight is 269 g/mol. The Kier molecular flexibility index (Phi) is 5.26. The second kappa shape index (κ2) is 7.40. The summed E-state index contributed by atoms with van der Waals surface area (Å²) in [7, 11) is 0. The lowest BCUT2D eigenvalue weighted by Crippen LogP contribution is -2.24. The highest BCUT2D eigenvalue weighted by Gasteiger charge is 2.08. The molecule has 1 atom stereocenters. The minimum absolute atomic E-state index is 0.00188. The van der Waals surface area contributed by atoms with Crippen molar-refractivity contribution in [2.24, 2.45) is 5.73 Å². The van der Waals surface area contributed by atoms with Crippen molar-refractivity contribution in [2.45, 2.75) is 25.4 Å². The van der Waals surface area contributed by atoms with E-state index >= 15 is 0 Å². The van der Waals surface area contributed by atoms with Crippen LogP contribution in [0.3, 0.4) is 0 Å². The van der Waals surface area contributed by atoms with E-state index in [1.807, 2.05) is 48.5 Å². The van der Waals surface area contributed by atoms with Gasteiger partial charge in [-0.25, -0.2) is 0 Å². The van der Waals surface area contributed by atoms with Crippen LogP contribution in [0.4, 0.5) is 0 Å². The molecule has 1 heterocycles. The summed E-state index contributed by atoms with van der Waals surface area (Å²) >= 11 is 0. The van der Waals surface area contributed by atoms with Crippen LogP contribution in [0.15, 0.2) is 54.7 Å². The van der Waals surface area contributed by atoms with Crippen molar-refractivity contribution in [3.8, 4) is 0 Å². The second-order valence-electron chi connectivity index (χ2n) is 4.65. The zero-order valence-electron chi connectivity index (χ0n) is 11.3. The Bertz CT molecular complexity index is 528. The van der Waals surface area contributed by atoms with Gasteiger partial charge in [0.25, 0.3) is 0 Å². The summed E-state index contributed by atoms with van der Waals surface area (Å²) in [5, 5.41) is 2.85. The molecule has 4 nitrogen and oxygen atoms in total. The maximum atomic E-state index is 11.8. The Labute approximate surface area is 119 Å². The molecule has 104 valence electrons. The molecule has 2 aromatic rings. The van der Waals surface area contributed by atoms with Crippen molar-refractivity contribution < 1.29 is 4.79 Å². The Hall–Kier alpha value is -2.20. The molecule has 0 spiro atoms. The SMILES string of the molecule is NC(CCC(=O)NCc1ccccn1)c1ccccc1. The molecule has 0 aliphatic heterocycles. The summed E-state index contributed by atoms with van der Waals surface area (Å²) in [6, 6.07) is 15.4. The van der Waals surface area contributed by atoms with E-state index < -0.39 is 0 Å². The molecule has 0 bridgehead atoms. The molecule has 0 aliphatic carbocycles. The Morgan fingerprint density at radius 1 is 1.15 bits per heavy atom. The van der Waals surface area contributed by atoms with Gasteiger partial charge >= 0.3 is 0 Å². The fraction of sp³-hybridized carbons (Fsp3) is 0.250. The lowest BCUT2D eigenvalue weighted by molar-refractivity contribution is -0.121. The van der Waals surface area contributed by atoms with Gasteiger partial charge in [0, 0.05) is 18.7 Å². The number of hydrogen-bond acceptors (Lipinski definition) is 3. The summed E-state index contributed by atoms with van der Waals surface area (Å²) in [6.07, 6.45) is 2.77.